The van der Waals surface area contributed by atoms with E-state index in [0.29, 0.717) is 5.75 Å². The van der Waals surface area contributed by atoms with E-state index >= 15 is 0 Å². The van der Waals surface area contributed by atoms with Gasteiger partial charge in [-0.15, -0.1) is 0 Å². The molecular formula is C16H27NO4S. The van der Waals surface area contributed by atoms with Crippen LogP contribution in [0.1, 0.15) is 33.3 Å². The van der Waals surface area contributed by atoms with Gasteiger partial charge in [-0.25, -0.2) is 4.18 Å². The lowest BCUT2D eigenvalue weighted by atomic mass is 9.75. The standard InChI is InChI=1S/C16H27NO4S/c1-12(2)16(13(3)4,21-22(18,19)17(5)6)14-9-8-10-15(11-14)20-7/h8-13H,1-7H3. The molecular weight excluding hydrogens is 302 g/mol. The molecule has 0 unspecified atom stereocenters. The Morgan fingerprint density at radius 2 is 1.64 bits per heavy atom. The van der Waals surface area contributed by atoms with Crippen LogP contribution in [0.2, 0.25) is 0 Å². The smallest absolute Gasteiger partial charge is 0.338 e. The van der Waals surface area contributed by atoms with Crippen LogP contribution in [0, 0.1) is 11.8 Å². The number of hydrogen-bond donors (Lipinski definition) is 0. The Balaban J connectivity index is 3.52. The molecule has 0 bridgehead atoms. The molecule has 1 aromatic carbocycles. The van der Waals surface area contributed by atoms with Gasteiger partial charge < -0.3 is 4.74 Å². The third-order valence-corrected chi connectivity index (χ3v) is 5.31. The summed E-state index contributed by atoms with van der Waals surface area (Å²) in [5.74, 6) is 0.581. The second-order valence-corrected chi connectivity index (χ2v) is 7.91. The fourth-order valence-corrected chi connectivity index (χ4v) is 3.67. The Hall–Kier alpha value is -1.11. The van der Waals surface area contributed by atoms with Crippen LogP contribution in [0.5, 0.6) is 5.75 Å². The lowest BCUT2D eigenvalue weighted by molar-refractivity contribution is -0.0259. The average Bonchev–Trinajstić information content (AvgIpc) is 2.43. The van der Waals surface area contributed by atoms with Gasteiger partial charge in [-0.3, -0.25) is 0 Å². The highest BCUT2D eigenvalue weighted by atomic mass is 32.2. The Morgan fingerprint density at radius 3 is 2.05 bits per heavy atom. The fraction of sp³-hybridized carbons (Fsp3) is 0.625. The van der Waals surface area contributed by atoms with Crippen molar-refractivity contribution in [3.63, 3.8) is 0 Å². The van der Waals surface area contributed by atoms with Gasteiger partial charge in [-0.2, -0.15) is 12.7 Å². The van der Waals surface area contributed by atoms with Crippen molar-refractivity contribution in [3.8, 4) is 5.75 Å². The molecule has 126 valence electrons. The number of rotatable bonds is 7. The Labute approximate surface area is 134 Å². The topological polar surface area (TPSA) is 55.8 Å². The zero-order valence-electron chi connectivity index (χ0n) is 14.5. The zero-order valence-corrected chi connectivity index (χ0v) is 15.3. The molecule has 0 N–H and O–H groups in total. The van der Waals surface area contributed by atoms with Crippen LogP contribution in [-0.2, 0) is 20.1 Å². The van der Waals surface area contributed by atoms with Crippen LogP contribution in [0.15, 0.2) is 24.3 Å². The van der Waals surface area contributed by atoms with Crippen molar-refractivity contribution in [2.24, 2.45) is 11.8 Å². The Bertz CT molecular complexity index is 586. The molecule has 0 atom stereocenters. The van der Waals surface area contributed by atoms with Crippen molar-refractivity contribution in [3.05, 3.63) is 29.8 Å². The first-order valence-electron chi connectivity index (χ1n) is 7.35. The van der Waals surface area contributed by atoms with E-state index in [1.807, 2.05) is 52.0 Å². The van der Waals surface area contributed by atoms with E-state index in [9.17, 15) is 8.42 Å². The van der Waals surface area contributed by atoms with Crippen LogP contribution in [-0.4, -0.2) is 33.9 Å². The Morgan fingerprint density at radius 1 is 1.09 bits per heavy atom. The Kier molecular flexibility index (Phi) is 6.01. The molecule has 0 aromatic heterocycles. The first kappa shape index (κ1) is 18.9. The molecule has 0 aliphatic rings. The molecule has 0 spiro atoms. The van der Waals surface area contributed by atoms with Crippen LogP contribution in [0.25, 0.3) is 0 Å². The second-order valence-electron chi connectivity index (χ2n) is 6.16. The SMILES string of the molecule is COc1cccc(C(OS(=O)(=O)N(C)C)(C(C)C)C(C)C)c1. The minimum Gasteiger partial charge on any atom is -0.497 e. The van der Waals surface area contributed by atoms with Crippen molar-refractivity contribution in [2.75, 3.05) is 21.2 Å². The van der Waals surface area contributed by atoms with Crippen molar-refractivity contribution < 1.29 is 17.3 Å². The third-order valence-electron chi connectivity index (χ3n) is 3.93. The molecule has 1 rings (SSSR count). The molecule has 0 aliphatic carbocycles. The van der Waals surface area contributed by atoms with Gasteiger partial charge in [0.2, 0.25) is 0 Å². The van der Waals surface area contributed by atoms with Gasteiger partial charge in [0.05, 0.1) is 7.11 Å². The zero-order chi connectivity index (χ0) is 17.1. The monoisotopic (exact) mass is 329 g/mol. The number of hydrogen-bond acceptors (Lipinski definition) is 4. The molecule has 22 heavy (non-hydrogen) atoms. The maximum atomic E-state index is 12.4. The highest BCUT2D eigenvalue weighted by molar-refractivity contribution is 7.84. The average molecular weight is 329 g/mol. The van der Waals surface area contributed by atoms with E-state index in [0.717, 1.165) is 9.87 Å². The van der Waals surface area contributed by atoms with E-state index < -0.39 is 15.9 Å². The summed E-state index contributed by atoms with van der Waals surface area (Å²) in [6.07, 6.45) is 0. The van der Waals surface area contributed by atoms with Crippen molar-refractivity contribution in [1.82, 2.24) is 4.31 Å². The van der Waals surface area contributed by atoms with E-state index in [-0.39, 0.29) is 11.8 Å². The minimum absolute atomic E-state index is 0.0469. The second kappa shape index (κ2) is 6.98. The summed E-state index contributed by atoms with van der Waals surface area (Å²) in [6.45, 7) is 7.85. The van der Waals surface area contributed by atoms with Gasteiger partial charge in [0.1, 0.15) is 11.4 Å². The molecule has 0 amide bonds. The van der Waals surface area contributed by atoms with Gasteiger partial charge >= 0.3 is 10.3 Å². The molecule has 0 saturated carbocycles. The van der Waals surface area contributed by atoms with Crippen molar-refractivity contribution in [2.45, 2.75) is 33.3 Å². The fourth-order valence-electron chi connectivity index (χ4n) is 2.69. The van der Waals surface area contributed by atoms with Crippen molar-refractivity contribution >= 4 is 10.3 Å². The quantitative estimate of drug-likeness (QED) is 0.771. The van der Waals surface area contributed by atoms with Gasteiger partial charge in [0.25, 0.3) is 0 Å². The highest BCUT2D eigenvalue weighted by Crippen LogP contribution is 2.43. The summed E-state index contributed by atoms with van der Waals surface area (Å²) < 4.78 is 36.8. The van der Waals surface area contributed by atoms with Gasteiger partial charge in [0.15, 0.2) is 0 Å². The highest BCUT2D eigenvalue weighted by Gasteiger charge is 2.45. The summed E-state index contributed by atoms with van der Waals surface area (Å²) in [5.41, 5.74) is -0.167. The van der Waals surface area contributed by atoms with Gasteiger partial charge in [-0.05, 0) is 29.5 Å². The number of methoxy groups -OCH3 is 1. The summed E-state index contributed by atoms with van der Waals surface area (Å²) in [7, 11) is 0.694. The predicted molar refractivity (Wildman–Crippen MR) is 88.0 cm³/mol. The molecule has 0 aliphatic heterocycles. The van der Waals surface area contributed by atoms with E-state index in [1.54, 1.807) is 7.11 Å². The lowest BCUT2D eigenvalue weighted by Gasteiger charge is -2.41. The van der Waals surface area contributed by atoms with Crippen molar-refractivity contribution in [1.29, 1.82) is 0 Å². The predicted octanol–water partition coefficient (Wildman–Crippen LogP) is 3.03. The minimum atomic E-state index is -3.82. The summed E-state index contributed by atoms with van der Waals surface area (Å²) in [5, 5.41) is 0. The molecule has 0 radical (unpaired) electrons. The lowest BCUT2D eigenvalue weighted by Crippen LogP contribution is -2.45. The van der Waals surface area contributed by atoms with E-state index in [4.69, 9.17) is 8.92 Å². The van der Waals surface area contributed by atoms with Gasteiger partial charge in [0, 0.05) is 14.1 Å². The van der Waals surface area contributed by atoms with Crippen LogP contribution in [0.4, 0.5) is 0 Å². The summed E-state index contributed by atoms with van der Waals surface area (Å²) >= 11 is 0. The molecule has 5 nitrogen and oxygen atoms in total. The first-order valence-corrected chi connectivity index (χ1v) is 8.72. The molecule has 6 heteroatoms. The number of ether oxygens (including phenoxy) is 1. The molecule has 1 aromatic rings. The van der Waals surface area contributed by atoms with Crippen LogP contribution in [0.3, 0.4) is 0 Å². The van der Waals surface area contributed by atoms with E-state index in [2.05, 4.69) is 0 Å². The van der Waals surface area contributed by atoms with Gasteiger partial charge in [-0.1, -0.05) is 39.8 Å². The normalized spacial score (nSPS) is 13.2. The maximum Gasteiger partial charge on any atom is 0.338 e. The molecule has 0 heterocycles. The summed E-state index contributed by atoms with van der Waals surface area (Å²) in [6, 6.07) is 7.40. The molecule has 0 fully saturated rings. The molecule has 0 saturated heterocycles. The number of nitrogens with zero attached hydrogens (tertiary/aromatic N) is 1. The number of benzene rings is 1. The first-order chi connectivity index (χ1) is 10.1. The van der Waals surface area contributed by atoms with Crippen LogP contribution < -0.4 is 4.74 Å². The maximum absolute atomic E-state index is 12.4. The van der Waals surface area contributed by atoms with Crippen LogP contribution >= 0.6 is 0 Å². The third kappa shape index (κ3) is 3.62. The largest absolute Gasteiger partial charge is 0.497 e. The van der Waals surface area contributed by atoms with E-state index in [1.165, 1.54) is 14.1 Å². The summed E-state index contributed by atoms with van der Waals surface area (Å²) in [4.78, 5) is 0.